The summed E-state index contributed by atoms with van der Waals surface area (Å²) in [7, 11) is 0. The van der Waals surface area contributed by atoms with Gasteiger partial charge in [-0.1, -0.05) is 40.6 Å². The molecule has 0 bridgehead atoms. The number of nitriles is 1. The maximum absolute atomic E-state index is 8.61. The minimum absolute atomic E-state index is 0.175. The Labute approximate surface area is 323 Å². The van der Waals surface area contributed by atoms with Crippen molar-refractivity contribution in [3.8, 4) is 29.0 Å². The smallest absolute Gasteiger partial charge is 0.226 e. The van der Waals surface area contributed by atoms with Crippen LogP contribution in [0.2, 0.25) is 0 Å². The van der Waals surface area contributed by atoms with Gasteiger partial charge in [0.1, 0.15) is 22.9 Å². The Morgan fingerprint density at radius 2 is 1.22 bits per heavy atom. The van der Waals surface area contributed by atoms with Crippen molar-refractivity contribution in [1.29, 1.82) is 5.26 Å². The molecule has 0 radical (unpaired) electrons. The first-order chi connectivity index (χ1) is 26.8. The zero-order chi connectivity index (χ0) is 38.4. The fraction of sp³-hybridized carbons (Fsp3) is 0.524. The zero-order valence-electron chi connectivity index (χ0n) is 32.5. The number of aromatic nitrogens is 6. The highest BCUT2D eigenvalue weighted by Crippen LogP contribution is 2.29. The Balaban J connectivity index is 0.000000188. The summed E-state index contributed by atoms with van der Waals surface area (Å²) >= 11 is 0. The van der Waals surface area contributed by atoms with Crippen LogP contribution in [0.4, 0.5) is 0 Å². The predicted octanol–water partition coefficient (Wildman–Crippen LogP) is 8.28. The van der Waals surface area contributed by atoms with Crippen LogP contribution in [-0.4, -0.2) is 68.2 Å². The molecule has 2 aliphatic rings. The average molecular weight is 752 g/mol. The summed E-state index contributed by atoms with van der Waals surface area (Å²) < 4.78 is 35.7. The number of aromatic amines is 1. The van der Waals surface area contributed by atoms with Gasteiger partial charge in [-0.2, -0.15) is 10.5 Å². The highest BCUT2D eigenvalue weighted by Gasteiger charge is 2.25. The second kappa shape index (κ2) is 20.3. The Morgan fingerprint density at radius 3 is 1.69 bits per heavy atom. The van der Waals surface area contributed by atoms with Crippen molar-refractivity contribution in [3.63, 3.8) is 0 Å². The first-order valence-electron chi connectivity index (χ1n) is 19.4. The van der Waals surface area contributed by atoms with Gasteiger partial charge in [-0.15, -0.1) is 10.2 Å². The quantitative estimate of drug-likeness (QED) is 0.102. The number of nitrogens with zero attached hydrogens (tertiary/aromatic N) is 6. The first kappa shape index (κ1) is 39.9. The van der Waals surface area contributed by atoms with Crippen molar-refractivity contribution < 1.29 is 27.8 Å². The van der Waals surface area contributed by atoms with E-state index in [1.54, 1.807) is 0 Å². The van der Waals surface area contributed by atoms with Crippen LogP contribution in [-0.2, 0) is 38.6 Å². The number of hydrogen-bond acceptors (Lipinski definition) is 12. The van der Waals surface area contributed by atoms with Gasteiger partial charge in [-0.3, -0.25) is 0 Å². The maximum atomic E-state index is 8.61. The summed E-state index contributed by atoms with van der Waals surface area (Å²) in [6.07, 6.45) is 10.0. The second-order valence-corrected chi connectivity index (χ2v) is 14.5. The summed E-state index contributed by atoms with van der Waals surface area (Å²) in [6, 6.07) is 18.4. The van der Waals surface area contributed by atoms with Gasteiger partial charge in [0.15, 0.2) is 5.82 Å². The van der Waals surface area contributed by atoms with Crippen LogP contribution in [0.3, 0.4) is 0 Å². The fourth-order valence-electron chi connectivity index (χ4n) is 7.01. The lowest BCUT2D eigenvalue weighted by Gasteiger charge is -2.29. The molecule has 0 saturated heterocycles. The number of ether oxygens (including phenoxy) is 4. The molecule has 2 fully saturated rings. The number of benzene rings is 2. The summed E-state index contributed by atoms with van der Waals surface area (Å²) in [6.45, 7) is 10.0. The first-order valence-corrected chi connectivity index (χ1v) is 19.4. The van der Waals surface area contributed by atoms with E-state index in [0.29, 0.717) is 56.9 Å². The number of hydrogen-bond donors (Lipinski definition) is 1. The third-order valence-electron chi connectivity index (χ3n) is 10.0. The molecular formula is C42H53N7O6. The van der Waals surface area contributed by atoms with Crippen LogP contribution >= 0.6 is 0 Å². The molecule has 2 aliphatic carbocycles. The number of rotatable bonds is 15. The Kier molecular flexibility index (Phi) is 14.7. The lowest BCUT2D eigenvalue weighted by Crippen LogP contribution is -2.29. The largest absolute Gasteiger partial charge is 0.441 e. The summed E-state index contributed by atoms with van der Waals surface area (Å²) in [5.74, 6) is 3.59. The molecule has 5 aromatic rings. The minimum Gasteiger partial charge on any atom is -0.441 e. The number of tetrazole rings is 1. The third kappa shape index (κ3) is 12.1. The summed E-state index contributed by atoms with van der Waals surface area (Å²) in [5, 5.41) is 22.5. The van der Waals surface area contributed by atoms with Crippen LogP contribution in [0, 0.1) is 39.0 Å². The van der Waals surface area contributed by atoms with Gasteiger partial charge in [0, 0.05) is 17.5 Å². The maximum Gasteiger partial charge on any atom is 0.226 e. The summed E-state index contributed by atoms with van der Waals surface area (Å²) in [5.41, 5.74) is 6.07. The Hall–Kier alpha value is -4.74. The van der Waals surface area contributed by atoms with Crippen LogP contribution < -0.4 is 0 Å². The lowest BCUT2D eigenvalue weighted by molar-refractivity contribution is -0.0506. The molecule has 0 spiro atoms. The van der Waals surface area contributed by atoms with Crippen molar-refractivity contribution in [3.05, 3.63) is 88.4 Å². The van der Waals surface area contributed by atoms with E-state index >= 15 is 0 Å². The second-order valence-electron chi connectivity index (χ2n) is 14.5. The molecule has 7 rings (SSSR count). The number of nitrogens with one attached hydrogen (secondary N) is 1. The lowest BCUT2D eigenvalue weighted by atomic mass is 9.95. The van der Waals surface area contributed by atoms with Crippen LogP contribution in [0.25, 0.3) is 22.9 Å². The molecule has 2 aromatic carbocycles. The molecule has 3 heterocycles. The highest BCUT2D eigenvalue weighted by molar-refractivity contribution is 5.55. The average Bonchev–Trinajstić information content (AvgIpc) is 3.94. The van der Waals surface area contributed by atoms with E-state index in [4.69, 9.17) is 33.0 Å². The Bertz CT molecular complexity index is 1950. The van der Waals surface area contributed by atoms with E-state index in [0.717, 1.165) is 85.4 Å². The van der Waals surface area contributed by atoms with Crippen molar-refractivity contribution in [1.82, 2.24) is 30.6 Å². The number of H-pyrrole nitrogens is 1. The van der Waals surface area contributed by atoms with Crippen LogP contribution in [0.15, 0.2) is 57.4 Å². The third-order valence-corrected chi connectivity index (χ3v) is 10.0. The topological polar surface area (TPSA) is 167 Å². The minimum atomic E-state index is 0.175. The van der Waals surface area contributed by atoms with Gasteiger partial charge in [0.05, 0.1) is 63.3 Å². The van der Waals surface area contributed by atoms with Crippen molar-refractivity contribution in [2.24, 2.45) is 0 Å². The van der Waals surface area contributed by atoms with Crippen molar-refractivity contribution in [2.75, 3.05) is 13.2 Å². The molecule has 1 N–H and O–H groups in total. The molecule has 13 heteroatoms. The van der Waals surface area contributed by atoms with E-state index in [9.17, 15) is 0 Å². The van der Waals surface area contributed by atoms with E-state index in [1.165, 1.54) is 11.1 Å². The van der Waals surface area contributed by atoms with Gasteiger partial charge in [0.25, 0.3) is 0 Å². The molecule has 0 aliphatic heterocycles. The zero-order valence-corrected chi connectivity index (χ0v) is 32.5. The molecule has 2 saturated carbocycles. The monoisotopic (exact) mass is 751 g/mol. The van der Waals surface area contributed by atoms with Crippen molar-refractivity contribution in [2.45, 2.75) is 130 Å². The standard InChI is InChI=1S/C21H27N5O3.C21H26N2O3/c1-14-5-3-6-16(11-14)21-22-19(15(2)29-21)13-28-18-8-4-7-17(12-18)27-10-9-20-23-25-26-24-20;1-15-6-3-7-17(12-15)21-23-20(16(2)26-21)14-25-19-9-4-8-18(13-19)24-11-5-10-22/h3,5-6,11,17-18H,4,7-10,12-13H2,1-2H3,(H,23,24,25,26);3,6-7,12,18-19H,4-5,8-9,11,13-14H2,1-2H3/t17-,18+;18-,19+/m11/s1. The van der Waals surface area contributed by atoms with E-state index in [2.05, 4.69) is 74.8 Å². The molecule has 3 aromatic heterocycles. The van der Waals surface area contributed by atoms with Gasteiger partial charge >= 0.3 is 0 Å². The van der Waals surface area contributed by atoms with Gasteiger partial charge < -0.3 is 27.8 Å². The van der Waals surface area contributed by atoms with E-state index in [-0.39, 0.29) is 24.4 Å². The molecule has 0 unspecified atom stereocenters. The molecule has 292 valence electrons. The predicted molar refractivity (Wildman–Crippen MR) is 205 cm³/mol. The molecule has 55 heavy (non-hydrogen) atoms. The van der Waals surface area contributed by atoms with E-state index < -0.39 is 0 Å². The van der Waals surface area contributed by atoms with Crippen LogP contribution in [0.5, 0.6) is 0 Å². The molecule has 4 atom stereocenters. The molecule has 13 nitrogen and oxygen atoms in total. The molecule has 0 amide bonds. The van der Waals surface area contributed by atoms with Gasteiger partial charge in [-0.25, -0.2) is 9.97 Å². The number of oxazole rings is 2. The highest BCUT2D eigenvalue weighted by atomic mass is 16.5. The van der Waals surface area contributed by atoms with Crippen molar-refractivity contribution >= 4 is 0 Å². The Morgan fingerprint density at radius 1 is 0.709 bits per heavy atom. The fourth-order valence-corrected chi connectivity index (χ4v) is 7.01. The number of aryl methyl sites for hydroxylation is 4. The van der Waals surface area contributed by atoms with Crippen LogP contribution in [0.1, 0.15) is 97.6 Å². The molecular weight excluding hydrogens is 699 g/mol. The SMILES string of the molecule is Cc1cccc(-c2nc(CO[C@H]3CCC[C@@H](OCCC#N)C3)c(C)o2)c1.Cc1cccc(-c2nc(CO[C@H]3CCC[C@@H](OCCc4nn[nH]n4)C3)c(C)o2)c1. The summed E-state index contributed by atoms with van der Waals surface area (Å²) in [4.78, 5) is 9.28. The van der Waals surface area contributed by atoms with E-state index in [1.807, 2.05) is 38.1 Å². The van der Waals surface area contributed by atoms with Gasteiger partial charge in [-0.05, 0) is 103 Å². The van der Waals surface area contributed by atoms with Gasteiger partial charge in [0.2, 0.25) is 11.8 Å². The normalized spacial score (nSPS) is 19.8.